The number of rotatable bonds is 5. The highest BCUT2D eigenvalue weighted by molar-refractivity contribution is 5.88. The first-order valence-electron chi connectivity index (χ1n) is 7.42. The van der Waals surface area contributed by atoms with Gasteiger partial charge in [0.1, 0.15) is 13.1 Å². The van der Waals surface area contributed by atoms with E-state index in [4.69, 9.17) is 16.2 Å². The fraction of sp³-hybridized carbons (Fsp3) is 0.167. The zero-order valence-corrected chi connectivity index (χ0v) is 13.4. The van der Waals surface area contributed by atoms with E-state index in [1.165, 1.54) is 0 Å². The molecule has 2 rings (SSSR count). The second-order valence-electron chi connectivity index (χ2n) is 5.17. The summed E-state index contributed by atoms with van der Waals surface area (Å²) >= 11 is 0. The molecular weight excluding hydrogens is 322 g/mol. The van der Waals surface area contributed by atoms with E-state index in [9.17, 15) is 14.4 Å². The fourth-order valence-electron chi connectivity index (χ4n) is 2.22. The molecule has 0 aliphatic carbocycles. The topological polar surface area (TPSA) is 116 Å². The van der Waals surface area contributed by atoms with E-state index in [1.807, 2.05) is 42.5 Å². The number of amides is 3. The van der Waals surface area contributed by atoms with E-state index in [2.05, 4.69) is 11.8 Å². The SMILES string of the molecule is NC(=O)CN(CC(N)=O)C(=O)OCC#Cc1cccc2ccccc12. The molecule has 0 fully saturated rings. The van der Waals surface area contributed by atoms with Gasteiger partial charge in [0.25, 0.3) is 0 Å². The molecule has 0 atom stereocenters. The summed E-state index contributed by atoms with van der Waals surface area (Å²) in [6.07, 6.45) is -0.884. The summed E-state index contributed by atoms with van der Waals surface area (Å²) in [7, 11) is 0. The summed E-state index contributed by atoms with van der Waals surface area (Å²) < 4.78 is 4.94. The summed E-state index contributed by atoms with van der Waals surface area (Å²) in [5.74, 6) is 4.11. The van der Waals surface area contributed by atoms with Crippen LogP contribution in [0.2, 0.25) is 0 Å². The molecule has 0 saturated carbocycles. The number of carbonyl (C=O) groups excluding carboxylic acids is 3. The molecule has 0 radical (unpaired) electrons. The molecule has 4 N–H and O–H groups in total. The predicted molar refractivity (Wildman–Crippen MR) is 92.1 cm³/mol. The molecule has 2 aromatic rings. The normalized spacial score (nSPS) is 9.76. The molecule has 0 heterocycles. The second kappa shape index (κ2) is 8.36. The number of nitrogens with zero attached hydrogens (tertiary/aromatic N) is 1. The first kappa shape index (κ1) is 17.8. The van der Waals surface area contributed by atoms with Crippen LogP contribution in [0.25, 0.3) is 10.8 Å². The van der Waals surface area contributed by atoms with E-state index in [0.29, 0.717) is 0 Å². The summed E-state index contributed by atoms with van der Waals surface area (Å²) in [6.45, 7) is -1.12. The van der Waals surface area contributed by atoms with Crippen LogP contribution >= 0.6 is 0 Å². The maximum atomic E-state index is 11.9. The zero-order chi connectivity index (χ0) is 18.2. The average molecular weight is 339 g/mol. The van der Waals surface area contributed by atoms with Crippen molar-refractivity contribution in [2.75, 3.05) is 19.7 Å². The Morgan fingerprint density at radius 3 is 2.28 bits per heavy atom. The maximum Gasteiger partial charge on any atom is 0.411 e. The molecule has 25 heavy (non-hydrogen) atoms. The minimum Gasteiger partial charge on any atom is -0.436 e. The third-order valence-corrected chi connectivity index (χ3v) is 3.23. The van der Waals surface area contributed by atoms with Gasteiger partial charge in [-0.3, -0.25) is 14.5 Å². The molecule has 0 spiro atoms. The van der Waals surface area contributed by atoms with Gasteiger partial charge < -0.3 is 16.2 Å². The number of benzene rings is 2. The van der Waals surface area contributed by atoms with Crippen molar-refractivity contribution in [2.24, 2.45) is 11.5 Å². The third-order valence-electron chi connectivity index (χ3n) is 3.23. The minimum absolute atomic E-state index is 0.198. The van der Waals surface area contributed by atoms with Crippen LogP contribution in [0.4, 0.5) is 4.79 Å². The van der Waals surface area contributed by atoms with Gasteiger partial charge in [-0.15, -0.1) is 0 Å². The Balaban J connectivity index is 2.01. The van der Waals surface area contributed by atoms with Gasteiger partial charge in [0.2, 0.25) is 11.8 Å². The van der Waals surface area contributed by atoms with E-state index < -0.39 is 31.0 Å². The Morgan fingerprint density at radius 2 is 1.60 bits per heavy atom. The Bertz CT molecular complexity index is 846. The molecule has 0 aliphatic heterocycles. The van der Waals surface area contributed by atoms with E-state index in [0.717, 1.165) is 21.2 Å². The molecule has 7 heteroatoms. The lowest BCUT2D eigenvalue weighted by atomic mass is 10.1. The van der Waals surface area contributed by atoms with Crippen LogP contribution in [-0.2, 0) is 14.3 Å². The third kappa shape index (κ3) is 5.25. The van der Waals surface area contributed by atoms with Crippen LogP contribution in [0.3, 0.4) is 0 Å². The Kier molecular flexibility index (Phi) is 5.96. The summed E-state index contributed by atoms with van der Waals surface area (Å²) in [5, 5.41) is 2.05. The molecular formula is C18H17N3O4. The zero-order valence-electron chi connectivity index (χ0n) is 13.4. The first-order chi connectivity index (χ1) is 12.0. The molecule has 3 amide bonds. The van der Waals surface area contributed by atoms with Crippen molar-refractivity contribution in [1.29, 1.82) is 0 Å². The number of nitrogens with two attached hydrogens (primary N) is 2. The number of hydrogen-bond donors (Lipinski definition) is 2. The van der Waals surface area contributed by atoms with Crippen LogP contribution in [0.1, 0.15) is 5.56 Å². The van der Waals surface area contributed by atoms with Crippen molar-refractivity contribution in [2.45, 2.75) is 0 Å². The Hall–Kier alpha value is -3.53. The summed E-state index contributed by atoms with van der Waals surface area (Å²) in [4.78, 5) is 34.5. The van der Waals surface area contributed by atoms with Crippen LogP contribution < -0.4 is 11.5 Å². The van der Waals surface area contributed by atoms with E-state index in [1.54, 1.807) is 0 Å². The fourth-order valence-corrected chi connectivity index (χ4v) is 2.22. The van der Waals surface area contributed by atoms with Crippen molar-refractivity contribution in [3.05, 3.63) is 48.0 Å². The highest BCUT2D eigenvalue weighted by atomic mass is 16.6. The summed E-state index contributed by atoms with van der Waals surface area (Å²) in [5.41, 5.74) is 10.8. The van der Waals surface area contributed by atoms with Gasteiger partial charge in [0.15, 0.2) is 6.61 Å². The standard InChI is InChI=1S/C18H17N3O4/c19-16(22)11-21(12-17(20)23)18(24)25-10-4-8-14-7-3-6-13-5-1-2-9-15(13)14/h1-3,5-7,9H,10-12H2,(H2,19,22)(H2,20,23). The summed E-state index contributed by atoms with van der Waals surface area (Å²) in [6, 6.07) is 13.5. The van der Waals surface area contributed by atoms with Gasteiger partial charge in [0, 0.05) is 5.56 Å². The molecule has 128 valence electrons. The highest BCUT2D eigenvalue weighted by Crippen LogP contribution is 2.17. The van der Waals surface area contributed by atoms with E-state index >= 15 is 0 Å². The number of ether oxygens (including phenoxy) is 1. The lowest BCUT2D eigenvalue weighted by molar-refractivity contribution is -0.121. The van der Waals surface area contributed by atoms with Gasteiger partial charge in [0.05, 0.1) is 0 Å². The minimum atomic E-state index is -0.884. The van der Waals surface area contributed by atoms with Crippen molar-refractivity contribution in [3.8, 4) is 11.8 Å². The number of primary amides is 2. The molecule has 0 bridgehead atoms. The van der Waals surface area contributed by atoms with Crippen molar-refractivity contribution >= 4 is 28.7 Å². The molecule has 0 aliphatic rings. The van der Waals surface area contributed by atoms with Gasteiger partial charge in [-0.25, -0.2) is 4.79 Å². The predicted octanol–water partition coefficient (Wildman–Crippen LogP) is 0.601. The monoisotopic (exact) mass is 339 g/mol. The van der Waals surface area contributed by atoms with Crippen molar-refractivity contribution < 1.29 is 19.1 Å². The van der Waals surface area contributed by atoms with Gasteiger partial charge in [-0.05, 0) is 16.8 Å². The quantitative estimate of drug-likeness (QED) is 0.776. The van der Waals surface area contributed by atoms with Crippen LogP contribution in [0.15, 0.2) is 42.5 Å². The average Bonchev–Trinajstić information content (AvgIpc) is 2.57. The van der Waals surface area contributed by atoms with Gasteiger partial charge in [-0.1, -0.05) is 48.2 Å². The smallest absolute Gasteiger partial charge is 0.411 e. The molecule has 2 aromatic carbocycles. The number of hydrogen-bond acceptors (Lipinski definition) is 4. The first-order valence-corrected chi connectivity index (χ1v) is 7.42. The molecule has 0 saturated heterocycles. The Labute approximate surface area is 144 Å². The Morgan fingerprint density at radius 1 is 0.960 bits per heavy atom. The highest BCUT2D eigenvalue weighted by Gasteiger charge is 2.18. The van der Waals surface area contributed by atoms with Crippen LogP contribution in [0.5, 0.6) is 0 Å². The van der Waals surface area contributed by atoms with Gasteiger partial charge >= 0.3 is 6.09 Å². The van der Waals surface area contributed by atoms with Crippen LogP contribution in [-0.4, -0.2) is 42.5 Å². The molecule has 7 nitrogen and oxygen atoms in total. The van der Waals surface area contributed by atoms with Crippen molar-refractivity contribution in [1.82, 2.24) is 4.90 Å². The lowest BCUT2D eigenvalue weighted by Crippen LogP contribution is -2.43. The molecule has 0 unspecified atom stereocenters. The second-order valence-corrected chi connectivity index (χ2v) is 5.17. The van der Waals surface area contributed by atoms with Crippen LogP contribution in [0, 0.1) is 11.8 Å². The van der Waals surface area contributed by atoms with E-state index in [-0.39, 0.29) is 6.61 Å². The number of fused-ring (bicyclic) bond motifs is 1. The lowest BCUT2D eigenvalue weighted by Gasteiger charge is -2.17. The number of carbonyl (C=O) groups is 3. The largest absolute Gasteiger partial charge is 0.436 e. The van der Waals surface area contributed by atoms with Crippen molar-refractivity contribution in [3.63, 3.8) is 0 Å². The maximum absolute atomic E-state index is 11.9. The molecule has 0 aromatic heterocycles. The van der Waals surface area contributed by atoms with Gasteiger partial charge in [-0.2, -0.15) is 0 Å².